The maximum Gasteiger partial charge on any atom is 0.240 e. The van der Waals surface area contributed by atoms with Gasteiger partial charge in [0.15, 0.2) is 0 Å². The second-order valence-corrected chi connectivity index (χ2v) is 10.0. The summed E-state index contributed by atoms with van der Waals surface area (Å²) in [5.41, 5.74) is 1.90. The molecule has 0 radical (unpaired) electrons. The predicted molar refractivity (Wildman–Crippen MR) is 119 cm³/mol. The maximum atomic E-state index is 13.3. The van der Waals surface area contributed by atoms with E-state index >= 15 is 0 Å². The van der Waals surface area contributed by atoms with Crippen LogP contribution in [0.15, 0.2) is 58.8 Å². The Kier molecular flexibility index (Phi) is 7.53. The summed E-state index contributed by atoms with van der Waals surface area (Å²) in [7, 11) is -3.78. The number of carbonyl (C=O) groups is 1. The molecule has 0 atom stereocenters. The highest BCUT2D eigenvalue weighted by Gasteiger charge is 2.15. The molecule has 0 aliphatic rings. The first kappa shape index (κ1) is 23.1. The fourth-order valence-corrected chi connectivity index (χ4v) is 4.75. The van der Waals surface area contributed by atoms with E-state index in [1.807, 2.05) is 5.38 Å². The number of thiazole rings is 1. The average Bonchev–Trinajstić information content (AvgIpc) is 3.20. The molecule has 0 unspecified atom stereocenters. The van der Waals surface area contributed by atoms with Crippen LogP contribution in [0.3, 0.4) is 0 Å². The number of halogens is 1. The van der Waals surface area contributed by atoms with Gasteiger partial charge in [-0.15, -0.1) is 11.3 Å². The molecule has 3 aromatic rings. The summed E-state index contributed by atoms with van der Waals surface area (Å²) in [5.74, 6) is -0.286. The largest absolute Gasteiger partial charge is 0.352 e. The molecule has 1 amide bonds. The Labute approximate surface area is 185 Å². The minimum absolute atomic E-state index is 0.0208. The molecule has 1 aromatic heterocycles. The molecular weight excluding hydrogens is 437 g/mol. The van der Waals surface area contributed by atoms with E-state index in [4.69, 9.17) is 0 Å². The molecule has 9 heteroatoms. The van der Waals surface area contributed by atoms with Crippen LogP contribution in [0, 0.1) is 5.82 Å². The van der Waals surface area contributed by atoms with Gasteiger partial charge in [-0.2, -0.15) is 0 Å². The van der Waals surface area contributed by atoms with Crippen LogP contribution in [0.2, 0.25) is 0 Å². The van der Waals surface area contributed by atoms with Crippen LogP contribution in [-0.2, 0) is 34.3 Å². The number of carbonyl (C=O) groups excluding carboxylic acids is 1. The Morgan fingerprint density at radius 1 is 1.10 bits per heavy atom. The number of amides is 1. The van der Waals surface area contributed by atoms with Crippen molar-refractivity contribution in [2.24, 2.45) is 0 Å². The molecule has 31 heavy (non-hydrogen) atoms. The zero-order valence-electron chi connectivity index (χ0n) is 17.3. The molecule has 0 aliphatic carbocycles. The zero-order valence-corrected chi connectivity index (χ0v) is 18.9. The van der Waals surface area contributed by atoms with Crippen molar-refractivity contribution in [3.05, 3.63) is 81.6 Å². The summed E-state index contributed by atoms with van der Waals surface area (Å²) in [6.45, 7) is 4.29. The van der Waals surface area contributed by atoms with Crippen LogP contribution in [0.5, 0.6) is 0 Å². The lowest BCUT2D eigenvalue weighted by Gasteiger charge is -2.09. The van der Waals surface area contributed by atoms with Crippen LogP contribution >= 0.6 is 11.3 Å². The summed E-state index contributed by atoms with van der Waals surface area (Å²) < 4.78 is 40.9. The molecule has 6 nitrogen and oxygen atoms in total. The quantitative estimate of drug-likeness (QED) is 0.508. The normalized spacial score (nSPS) is 11.6. The van der Waals surface area contributed by atoms with Crippen molar-refractivity contribution in [3.63, 3.8) is 0 Å². The lowest BCUT2D eigenvalue weighted by atomic mass is 10.2. The average molecular weight is 462 g/mol. The van der Waals surface area contributed by atoms with E-state index in [0.29, 0.717) is 17.0 Å². The standard InChI is InChI=1S/C22H24FN3O3S2/c1-15(2)22-26-19(14-30-22)11-21(27)24-12-17-6-4-8-20(10-17)31(28,29)25-13-16-5-3-7-18(23)9-16/h3-10,14-15,25H,11-13H2,1-2H3,(H,24,27). The molecule has 1 heterocycles. The number of hydrogen-bond donors (Lipinski definition) is 2. The van der Waals surface area contributed by atoms with Crippen molar-refractivity contribution in [3.8, 4) is 0 Å². The molecule has 3 rings (SSSR count). The molecule has 2 aromatic carbocycles. The van der Waals surface area contributed by atoms with Crippen molar-refractivity contribution in [1.82, 2.24) is 15.0 Å². The van der Waals surface area contributed by atoms with Gasteiger partial charge in [0.25, 0.3) is 0 Å². The summed E-state index contributed by atoms with van der Waals surface area (Å²) in [5, 5.41) is 5.67. The monoisotopic (exact) mass is 461 g/mol. The first-order chi connectivity index (χ1) is 14.7. The molecule has 0 saturated carbocycles. The lowest BCUT2D eigenvalue weighted by Crippen LogP contribution is -2.25. The van der Waals surface area contributed by atoms with E-state index in [9.17, 15) is 17.6 Å². The van der Waals surface area contributed by atoms with Gasteiger partial charge in [0, 0.05) is 24.4 Å². The summed E-state index contributed by atoms with van der Waals surface area (Å²) in [6.07, 6.45) is 0.177. The minimum Gasteiger partial charge on any atom is -0.352 e. The van der Waals surface area contributed by atoms with Gasteiger partial charge in [-0.25, -0.2) is 22.5 Å². The van der Waals surface area contributed by atoms with E-state index in [1.54, 1.807) is 18.2 Å². The van der Waals surface area contributed by atoms with Gasteiger partial charge in [-0.1, -0.05) is 38.1 Å². The smallest absolute Gasteiger partial charge is 0.240 e. The Balaban J connectivity index is 1.57. The molecule has 0 bridgehead atoms. The van der Waals surface area contributed by atoms with Crippen LogP contribution in [0.1, 0.15) is 41.6 Å². The lowest BCUT2D eigenvalue weighted by molar-refractivity contribution is -0.120. The van der Waals surface area contributed by atoms with Gasteiger partial charge in [0.05, 0.1) is 22.0 Å². The topological polar surface area (TPSA) is 88.2 Å². The van der Waals surface area contributed by atoms with Crippen molar-refractivity contribution in [2.75, 3.05) is 0 Å². The van der Waals surface area contributed by atoms with Gasteiger partial charge in [0.1, 0.15) is 5.82 Å². The second-order valence-electron chi connectivity index (χ2n) is 7.39. The minimum atomic E-state index is -3.78. The SMILES string of the molecule is CC(C)c1nc(CC(=O)NCc2cccc(S(=O)(=O)NCc3cccc(F)c3)c2)cs1. The van der Waals surface area contributed by atoms with Crippen molar-refractivity contribution >= 4 is 27.3 Å². The Morgan fingerprint density at radius 2 is 1.81 bits per heavy atom. The molecular formula is C22H24FN3O3S2. The number of nitrogens with zero attached hydrogens (tertiary/aromatic N) is 1. The first-order valence-corrected chi connectivity index (χ1v) is 12.1. The third kappa shape index (κ3) is 6.68. The Bertz CT molecular complexity index is 1160. The molecule has 0 saturated heterocycles. The molecule has 164 valence electrons. The second kappa shape index (κ2) is 10.1. The third-order valence-electron chi connectivity index (χ3n) is 4.46. The summed E-state index contributed by atoms with van der Waals surface area (Å²) in [6, 6.07) is 12.1. The number of aromatic nitrogens is 1. The predicted octanol–water partition coefficient (Wildman–Crippen LogP) is 3.74. The number of benzene rings is 2. The van der Waals surface area contributed by atoms with Crippen LogP contribution < -0.4 is 10.0 Å². The fourth-order valence-electron chi connectivity index (χ4n) is 2.83. The maximum absolute atomic E-state index is 13.3. The van der Waals surface area contributed by atoms with Crippen molar-refractivity contribution in [1.29, 1.82) is 0 Å². The van der Waals surface area contributed by atoms with Crippen LogP contribution in [0.4, 0.5) is 4.39 Å². The third-order valence-corrected chi connectivity index (χ3v) is 7.05. The van der Waals surface area contributed by atoms with Crippen molar-refractivity contribution in [2.45, 2.75) is 44.2 Å². The Hall–Kier alpha value is -2.62. The number of nitrogens with one attached hydrogen (secondary N) is 2. The van der Waals surface area contributed by atoms with Crippen molar-refractivity contribution < 1.29 is 17.6 Å². The first-order valence-electron chi connectivity index (χ1n) is 9.77. The highest BCUT2D eigenvalue weighted by Crippen LogP contribution is 2.19. The van der Waals surface area contributed by atoms with Gasteiger partial charge >= 0.3 is 0 Å². The zero-order chi connectivity index (χ0) is 22.4. The highest BCUT2D eigenvalue weighted by molar-refractivity contribution is 7.89. The highest BCUT2D eigenvalue weighted by atomic mass is 32.2. The Morgan fingerprint density at radius 3 is 2.48 bits per heavy atom. The summed E-state index contributed by atoms with van der Waals surface area (Å²) >= 11 is 1.54. The van der Waals surface area contributed by atoms with Crippen LogP contribution in [-0.4, -0.2) is 19.3 Å². The molecule has 0 spiro atoms. The summed E-state index contributed by atoms with van der Waals surface area (Å²) in [4.78, 5) is 16.8. The molecule has 2 N–H and O–H groups in total. The van der Waals surface area contributed by atoms with Crippen LogP contribution in [0.25, 0.3) is 0 Å². The van der Waals surface area contributed by atoms with E-state index in [0.717, 1.165) is 10.7 Å². The number of hydrogen-bond acceptors (Lipinski definition) is 5. The van der Waals surface area contributed by atoms with E-state index in [-0.39, 0.29) is 30.3 Å². The van der Waals surface area contributed by atoms with E-state index < -0.39 is 15.8 Å². The van der Waals surface area contributed by atoms with Gasteiger partial charge in [-0.3, -0.25) is 4.79 Å². The number of sulfonamides is 1. The van der Waals surface area contributed by atoms with E-state index in [1.165, 1.54) is 41.7 Å². The van der Waals surface area contributed by atoms with Gasteiger partial charge in [0.2, 0.25) is 15.9 Å². The molecule has 0 aliphatic heterocycles. The van der Waals surface area contributed by atoms with Gasteiger partial charge in [-0.05, 0) is 35.4 Å². The van der Waals surface area contributed by atoms with E-state index in [2.05, 4.69) is 28.9 Å². The molecule has 0 fully saturated rings. The fraction of sp³-hybridized carbons (Fsp3) is 0.273. The van der Waals surface area contributed by atoms with Gasteiger partial charge < -0.3 is 5.32 Å². The number of rotatable bonds is 9.